The standard InChI is InChI=1S/C32H35N5O6/c1-32(2)26(14-11-22(18-33)19-34)37(25-13-12-23-8-5-6-9-24(23)31(25)32)17-15-27(38)35-16-7-3-4-10-28(39)36(20-29(40)41)21-30(42)43/h5-6,8-9,11-14H,3-4,7,10,15-17,20-21H2,1-2H3,(H,35,38)(H,40,41)(H,42,43). The molecule has 0 aliphatic carbocycles. The summed E-state index contributed by atoms with van der Waals surface area (Å²) in [5.74, 6) is -3.24. The quantitative estimate of drug-likeness (QED) is 0.220. The van der Waals surface area contributed by atoms with Crippen molar-refractivity contribution in [2.75, 3.05) is 31.1 Å². The molecule has 224 valence electrons. The van der Waals surface area contributed by atoms with Gasteiger partial charge in [-0.25, -0.2) is 0 Å². The van der Waals surface area contributed by atoms with Crippen molar-refractivity contribution in [1.82, 2.24) is 10.2 Å². The van der Waals surface area contributed by atoms with E-state index >= 15 is 0 Å². The number of unbranched alkanes of at least 4 members (excludes halogenated alkanes) is 2. The van der Waals surface area contributed by atoms with E-state index in [9.17, 15) is 29.7 Å². The number of amides is 2. The topological polar surface area (TPSA) is 175 Å². The molecule has 11 nitrogen and oxygen atoms in total. The lowest BCUT2D eigenvalue weighted by molar-refractivity contribution is -0.149. The molecule has 43 heavy (non-hydrogen) atoms. The van der Waals surface area contributed by atoms with Gasteiger partial charge in [0, 0.05) is 42.7 Å². The van der Waals surface area contributed by atoms with Crippen LogP contribution in [0.2, 0.25) is 0 Å². The van der Waals surface area contributed by atoms with Crippen LogP contribution in [0, 0.1) is 22.7 Å². The van der Waals surface area contributed by atoms with Crippen molar-refractivity contribution >= 4 is 40.2 Å². The molecule has 1 heterocycles. The van der Waals surface area contributed by atoms with Gasteiger partial charge in [-0.1, -0.05) is 50.6 Å². The van der Waals surface area contributed by atoms with Crippen LogP contribution < -0.4 is 10.2 Å². The van der Waals surface area contributed by atoms with E-state index in [0.29, 0.717) is 32.4 Å². The molecule has 1 aliphatic rings. The summed E-state index contributed by atoms with van der Waals surface area (Å²) >= 11 is 0. The normalized spacial score (nSPS) is 14.0. The molecule has 3 N–H and O–H groups in total. The Bertz CT molecular complexity index is 1510. The first-order valence-electron chi connectivity index (χ1n) is 14.0. The molecule has 0 radical (unpaired) electrons. The molecule has 0 saturated carbocycles. The number of hydrogen-bond donors (Lipinski definition) is 3. The number of benzene rings is 2. The second-order valence-electron chi connectivity index (χ2n) is 10.8. The van der Waals surface area contributed by atoms with Gasteiger partial charge in [-0.3, -0.25) is 19.2 Å². The average Bonchev–Trinajstić information content (AvgIpc) is 3.18. The molecule has 0 spiro atoms. The second-order valence-corrected chi connectivity index (χ2v) is 10.8. The Morgan fingerprint density at radius 3 is 2.28 bits per heavy atom. The van der Waals surface area contributed by atoms with E-state index in [1.807, 2.05) is 42.5 Å². The van der Waals surface area contributed by atoms with Crippen LogP contribution in [0.4, 0.5) is 5.69 Å². The van der Waals surface area contributed by atoms with Crippen LogP contribution in [0.5, 0.6) is 0 Å². The predicted molar refractivity (Wildman–Crippen MR) is 160 cm³/mol. The molecule has 2 aromatic rings. The Morgan fingerprint density at radius 1 is 0.953 bits per heavy atom. The highest BCUT2D eigenvalue weighted by atomic mass is 16.4. The highest BCUT2D eigenvalue weighted by molar-refractivity contribution is 5.95. The first-order chi connectivity index (χ1) is 20.5. The Kier molecular flexibility index (Phi) is 11.0. The number of carboxylic acids is 2. The van der Waals surface area contributed by atoms with Gasteiger partial charge in [0.1, 0.15) is 30.8 Å². The van der Waals surface area contributed by atoms with E-state index < -0.39 is 36.4 Å². The maximum Gasteiger partial charge on any atom is 0.323 e. The third-order valence-electron chi connectivity index (χ3n) is 7.36. The number of carboxylic acid groups (broad SMARTS) is 2. The zero-order valence-corrected chi connectivity index (χ0v) is 24.3. The first-order valence-corrected chi connectivity index (χ1v) is 14.0. The smallest absolute Gasteiger partial charge is 0.323 e. The lowest BCUT2D eigenvalue weighted by atomic mass is 9.81. The van der Waals surface area contributed by atoms with E-state index in [0.717, 1.165) is 32.6 Å². The van der Waals surface area contributed by atoms with Gasteiger partial charge in [-0.05, 0) is 47.4 Å². The van der Waals surface area contributed by atoms with Gasteiger partial charge in [0.15, 0.2) is 0 Å². The molecule has 0 aromatic heterocycles. The highest BCUT2D eigenvalue weighted by Gasteiger charge is 2.41. The van der Waals surface area contributed by atoms with Crippen LogP contribution in [-0.2, 0) is 24.6 Å². The molecular formula is C32H35N5O6. The largest absolute Gasteiger partial charge is 0.480 e. The van der Waals surface area contributed by atoms with Crippen LogP contribution in [0.25, 0.3) is 10.8 Å². The third kappa shape index (κ3) is 8.20. The van der Waals surface area contributed by atoms with Crippen molar-refractivity contribution in [1.29, 1.82) is 10.5 Å². The van der Waals surface area contributed by atoms with Crippen LogP contribution in [-0.4, -0.2) is 65.0 Å². The summed E-state index contributed by atoms with van der Waals surface area (Å²) in [5.41, 5.74) is 2.48. The number of carbonyl (C=O) groups is 4. The summed E-state index contributed by atoms with van der Waals surface area (Å²) in [7, 11) is 0. The van der Waals surface area contributed by atoms with Crippen molar-refractivity contribution in [3.8, 4) is 12.1 Å². The van der Waals surface area contributed by atoms with Gasteiger partial charge >= 0.3 is 11.9 Å². The van der Waals surface area contributed by atoms with Crippen molar-refractivity contribution in [3.63, 3.8) is 0 Å². The molecular weight excluding hydrogens is 550 g/mol. The van der Waals surface area contributed by atoms with Crippen molar-refractivity contribution in [2.45, 2.75) is 51.4 Å². The Labute approximate surface area is 250 Å². The fourth-order valence-electron chi connectivity index (χ4n) is 5.36. The zero-order valence-electron chi connectivity index (χ0n) is 24.3. The lowest BCUT2D eigenvalue weighted by Gasteiger charge is -2.27. The summed E-state index contributed by atoms with van der Waals surface area (Å²) in [6, 6.07) is 15.9. The summed E-state index contributed by atoms with van der Waals surface area (Å²) in [4.78, 5) is 49.6. The Hall–Kier alpha value is -5.16. The number of anilines is 1. The predicted octanol–water partition coefficient (Wildman–Crippen LogP) is 3.86. The summed E-state index contributed by atoms with van der Waals surface area (Å²) in [6.07, 6.45) is 5.15. The van der Waals surface area contributed by atoms with E-state index in [1.165, 1.54) is 6.08 Å². The van der Waals surface area contributed by atoms with Gasteiger partial charge in [-0.2, -0.15) is 10.5 Å². The molecule has 0 atom stereocenters. The molecule has 0 unspecified atom stereocenters. The highest BCUT2D eigenvalue weighted by Crippen LogP contribution is 2.50. The Balaban J connectivity index is 1.60. The van der Waals surface area contributed by atoms with E-state index in [2.05, 4.69) is 30.1 Å². The number of allylic oxidation sites excluding steroid dienone is 4. The van der Waals surface area contributed by atoms with Crippen LogP contribution in [0.1, 0.15) is 51.5 Å². The fraction of sp³-hybridized carbons (Fsp3) is 0.375. The summed E-state index contributed by atoms with van der Waals surface area (Å²) in [5, 5.41) is 41.4. The van der Waals surface area contributed by atoms with Crippen molar-refractivity contribution < 1.29 is 29.4 Å². The zero-order chi connectivity index (χ0) is 31.6. The van der Waals surface area contributed by atoms with Crippen molar-refractivity contribution in [3.05, 3.63) is 65.4 Å². The van der Waals surface area contributed by atoms with E-state index in [-0.39, 0.29) is 24.3 Å². The minimum Gasteiger partial charge on any atom is -0.480 e. The average molecular weight is 586 g/mol. The number of fused-ring (bicyclic) bond motifs is 3. The number of aliphatic carboxylic acids is 2. The molecule has 2 aromatic carbocycles. The monoisotopic (exact) mass is 585 g/mol. The molecule has 2 amide bonds. The molecule has 0 saturated heterocycles. The number of hydrogen-bond acceptors (Lipinski definition) is 7. The first kappa shape index (κ1) is 32.4. The summed E-state index contributed by atoms with van der Waals surface area (Å²) in [6.45, 7) is 3.62. The van der Waals surface area contributed by atoms with Crippen LogP contribution in [0.3, 0.4) is 0 Å². The Morgan fingerprint density at radius 2 is 1.63 bits per heavy atom. The van der Waals surface area contributed by atoms with Gasteiger partial charge in [0.25, 0.3) is 0 Å². The van der Waals surface area contributed by atoms with Gasteiger partial charge in [0.05, 0.1) is 0 Å². The van der Waals surface area contributed by atoms with Crippen molar-refractivity contribution in [2.24, 2.45) is 0 Å². The maximum atomic E-state index is 12.8. The number of nitrogens with one attached hydrogen (secondary N) is 1. The second kappa shape index (κ2) is 14.6. The number of nitrogens with zero attached hydrogens (tertiary/aromatic N) is 4. The van der Waals surface area contributed by atoms with Gasteiger partial charge in [0.2, 0.25) is 11.8 Å². The molecule has 0 bridgehead atoms. The third-order valence-corrected chi connectivity index (χ3v) is 7.36. The number of rotatable bonds is 14. The lowest BCUT2D eigenvalue weighted by Crippen LogP contribution is -2.39. The maximum absolute atomic E-state index is 12.8. The molecule has 11 heteroatoms. The summed E-state index contributed by atoms with van der Waals surface area (Å²) < 4.78 is 0. The minimum absolute atomic E-state index is 0.0139. The van der Waals surface area contributed by atoms with E-state index in [1.54, 1.807) is 6.08 Å². The molecule has 3 rings (SSSR count). The minimum atomic E-state index is -1.28. The number of nitriles is 2. The molecule has 0 fully saturated rings. The van der Waals surface area contributed by atoms with Gasteiger partial charge in [-0.15, -0.1) is 0 Å². The fourth-order valence-corrected chi connectivity index (χ4v) is 5.36. The van der Waals surface area contributed by atoms with Gasteiger partial charge < -0.3 is 25.3 Å². The van der Waals surface area contributed by atoms with E-state index in [4.69, 9.17) is 10.2 Å². The van der Waals surface area contributed by atoms with Crippen LogP contribution >= 0.6 is 0 Å². The SMILES string of the molecule is CC1(C)C(=CC=C(C#N)C#N)N(CCC(=O)NCCCCCC(=O)N(CC(=O)O)CC(=O)O)c2ccc3ccccc3c21. The molecule has 1 aliphatic heterocycles. The van der Waals surface area contributed by atoms with Crippen LogP contribution in [0.15, 0.2) is 59.8 Å². The number of carbonyl (C=O) groups excluding carboxylic acids is 2.